The van der Waals surface area contributed by atoms with E-state index in [2.05, 4.69) is 20.9 Å². The Labute approximate surface area is 133 Å². The van der Waals surface area contributed by atoms with Gasteiger partial charge in [0.1, 0.15) is 18.9 Å². The second-order valence-corrected chi connectivity index (χ2v) is 5.41. The lowest BCUT2D eigenvalue weighted by Crippen LogP contribution is -2.10. The zero-order valence-corrected chi connectivity index (χ0v) is 13.6. The van der Waals surface area contributed by atoms with Crippen LogP contribution in [0, 0.1) is 0 Å². The summed E-state index contributed by atoms with van der Waals surface area (Å²) in [5.41, 5.74) is 1.41. The number of esters is 1. The largest absolute Gasteiger partial charge is 0.463 e. The third-order valence-corrected chi connectivity index (χ3v) is 3.92. The maximum absolute atomic E-state index is 10.6. The Hall–Kier alpha value is -0.820. The van der Waals surface area contributed by atoms with Crippen LogP contribution in [0.2, 0.25) is 10.0 Å². The van der Waals surface area contributed by atoms with Crippen LogP contribution >= 0.6 is 39.1 Å². The van der Waals surface area contributed by atoms with E-state index in [4.69, 9.17) is 32.7 Å². The first-order chi connectivity index (χ1) is 9.50. The van der Waals surface area contributed by atoms with Crippen molar-refractivity contribution in [3.63, 3.8) is 0 Å². The smallest absolute Gasteiger partial charge is 0.302 e. The molecule has 0 fully saturated rings. The van der Waals surface area contributed by atoms with Crippen molar-refractivity contribution in [3.05, 3.63) is 26.9 Å². The van der Waals surface area contributed by atoms with Crippen molar-refractivity contribution < 1.29 is 14.3 Å². The van der Waals surface area contributed by atoms with Gasteiger partial charge in [-0.2, -0.15) is 0 Å². The Morgan fingerprint density at radius 3 is 2.85 bits per heavy atom. The van der Waals surface area contributed by atoms with Gasteiger partial charge in [0.05, 0.1) is 22.2 Å². The highest BCUT2D eigenvalue weighted by molar-refractivity contribution is 9.10. The predicted molar refractivity (Wildman–Crippen MR) is 80.0 cm³/mol. The highest BCUT2D eigenvalue weighted by Gasteiger charge is 2.13. The number of fused-ring (bicyclic) bond motifs is 1. The number of hydrogen-bond donors (Lipinski definition) is 0. The molecule has 20 heavy (non-hydrogen) atoms. The topological polar surface area (TPSA) is 53.4 Å². The fraction of sp³-hybridized carbons (Fsp3) is 0.333. The lowest BCUT2D eigenvalue weighted by molar-refractivity contribution is -0.142. The normalized spacial score (nSPS) is 11.0. The molecule has 0 atom stereocenters. The number of halogens is 3. The fourth-order valence-corrected chi connectivity index (χ4v) is 2.45. The molecule has 108 valence electrons. The molecule has 0 aliphatic rings. The zero-order valence-electron chi connectivity index (χ0n) is 10.5. The summed E-state index contributed by atoms with van der Waals surface area (Å²) in [6.07, 6.45) is 0. The molecule has 0 aliphatic heterocycles. The number of hydrogen-bond acceptors (Lipinski definition) is 4. The molecular weight excluding hydrogens is 371 g/mol. The van der Waals surface area contributed by atoms with Crippen LogP contribution in [0.4, 0.5) is 0 Å². The van der Waals surface area contributed by atoms with E-state index in [-0.39, 0.29) is 19.3 Å². The van der Waals surface area contributed by atoms with Crippen molar-refractivity contribution in [1.82, 2.24) is 9.55 Å². The third kappa shape index (κ3) is 3.44. The van der Waals surface area contributed by atoms with E-state index >= 15 is 0 Å². The fourth-order valence-electron chi connectivity index (χ4n) is 1.63. The molecule has 0 bridgehead atoms. The minimum atomic E-state index is -0.329. The van der Waals surface area contributed by atoms with E-state index < -0.39 is 0 Å². The van der Waals surface area contributed by atoms with Crippen LogP contribution in [0.15, 0.2) is 16.9 Å². The average molecular weight is 382 g/mol. The number of imidazole rings is 1. The molecule has 0 spiro atoms. The molecule has 8 heteroatoms. The summed E-state index contributed by atoms with van der Waals surface area (Å²) >= 11 is 15.4. The summed E-state index contributed by atoms with van der Waals surface area (Å²) in [6.45, 7) is 2.13. The lowest BCUT2D eigenvalue weighted by Gasteiger charge is -2.08. The van der Waals surface area contributed by atoms with Crippen LogP contribution in [0.5, 0.6) is 0 Å². The predicted octanol–water partition coefficient (Wildman–Crippen LogP) is 3.64. The quantitative estimate of drug-likeness (QED) is 0.586. The molecule has 2 rings (SSSR count). The molecule has 0 amide bonds. The molecule has 2 aromatic rings. The molecule has 0 N–H and O–H groups in total. The van der Waals surface area contributed by atoms with Crippen LogP contribution in [0.25, 0.3) is 11.0 Å². The standard InChI is InChI=1S/C12H11BrCl2N2O3/c1-7(18)20-5-4-19-6-17-9-3-2-8(14)10(15)11(9)16-12(17)13/h2-3H,4-6H2,1H3. The summed E-state index contributed by atoms with van der Waals surface area (Å²) in [6, 6.07) is 3.52. The number of carbonyl (C=O) groups excluding carboxylic acids is 1. The first-order valence-electron chi connectivity index (χ1n) is 5.71. The molecule has 0 saturated carbocycles. The molecule has 0 aliphatic carbocycles. The third-order valence-electron chi connectivity index (χ3n) is 2.52. The number of benzene rings is 1. The maximum atomic E-state index is 10.6. The van der Waals surface area contributed by atoms with Crippen molar-refractivity contribution in [2.75, 3.05) is 13.2 Å². The van der Waals surface area contributed by atoms with Crippen LogP contribution in [0.1, 0.15) is 6.92 Å². The molecule has 1 aromatic carbocycles. The monoisotopic (exact) mass is 380 g/mol. The SMILES string of the molecule is CC(=O)OCCOCn1c(Br)nc2c(Cl)c(Cl)ccc21. The molecule has 1 aromatic heterocycles. The average Bonchev–Trinajstić information content (AvgIpc) is 2.71. The number of rotatable bonds is 5. The van der Waals surface area contributed by atoms with Gasteiger partial charge in [0.15, 0.2) is 4.73 Å². The second-order valence-electron chi connectivity index (χ2n) is 3.92. The van der Waals surface area contributed by atoms with E-state index in [1.165, 1.54) is 6.92 Å². The van der Waals surface area contributed by atoms with E-state index in [1.807, 2.05) is 6.07 Å². The summed E-state index contributed by atoms with van der Waals surface area (Å²) in [4.78, 5) is 14.9. The van der Waals surface area contributed by atoms with E-state index in [1.54, 1.807) is 10.6 Å². The summed E-state index contributed by atoms with van der Waals surface area (Å²) in [5, 5.41) is 0.857. The molecular formula is C12H11BrCl2N2O3. The summed E-state index contributed by atoms with van der Waals surface area (Å²) in [7, 11) is 0. The lowest BCUT2D eigenvalue weighted by atomic mass is 10.3. The Bertz CT molecular complexity index is 645. The van der Waals surface area contributed by atoms with Crippen molar-refractivity contribution in [2.24, 2.45) is 0 Å². The van der Waals surface area contributed by atoms with E-state index in [0.717, 1.165) is 5.52 Å². The second kappa shape index (κ2) is 6.76. The van der Waals surface area contributed by atoms with Crippen LogP contribution in [-0.4, -0.2) is 28.7 Å². The van der Waals surface area contributed by atoms with Gasteiger partial charge in [-0.05, 0) is 28.1 Å². The minimum Gasteiger partial charge on any atom is -0.463 e. The Balaban J connectivity index is 2.08. The summed E-state index contributed by atoms with van der Waals surface area (Å²) in [5.74, 6) is -0.329. The summed E-state index contributed by atoms with van der Waals surface area (Å²) < 4.78 is 12.6. The first kappa shape index (κ1) is 15.6. The van der Waals surface area contributed by atoms with Crippen LogP contribution < -0.4 is 0 Å². The van der Waals surface area contributed by atoms with Crippen molar-refractivity contribution in [3.8, 4) is 0 Å². The van der Waals surface area contributed by atoms with Gasteiger partial charge < -0.3 is 9.47 Å². The number of nitrogens with zero attached hydrogens (tertiary/aromatic N) is 2. The van der Waals surface area contributed by atoms with Gasteiger partial charge in [-0.3, -0.25) is 9.36 Å². The van der Waals surface area contributed by atoms with Gasteiger partial charge >= 0.3 is 5.97 Å². The Morgan fingerprint density at radius 1 is 1.40 bits per heavy atom. The van der Waals surface area contributed by atoms with Gasteiger partial charge in [0, 0.05) is 6.92 Å². The van der Waals surface area contributed by atoms with Gasteiger partial charge in [-0.1, -0.05) is 23.2 Å². The van der Waals surface area contributed by atoms with Crippen molar-refractivity contribution in [2.45, 2.75) is 13.7 Å². The van der Waals surface area contributed by atoms with E-state index in [9.17, 15) is 4.79 Å². The first-order valence-corrected chi connectivity index (χ1v) is 7.26. The van der Waals surface area contributed by atoms with Crippen molar-refractivity contribution in [1.29, 1.82) is 0 Å². The van der Waals surface area contributed by atoms with Crippen LogP contribution in [-0.2, 0) is 21.0 Å². The number of carbonyl (C=O) groups is 1. The van der Waals surface area contributed by atoms with Gasteiger partial charge in [-0.15, -0.1) is 0 Å². The van der Waals surface area contributed by atoms with E-state index in [0.29, 0.717) is 26.9 Å². The highest BCUT2D eigenvalue weighted by atomic mass is 79.9. The van der Waals surface area contributed by atoms with Crippen LogP contribution in [0.3, 0.4) is 0 Å². The Morgan fingerprint density at radius 2 is 2.15 bits per heavy atom. The van der Waals surface area contributed by atoms with Gasteiger partial charge in [0.25, 0.3) is 0 Å². The zero-order chi connectivity index (χ0) is 14.7. The molecule has 1 heterocycles. The van der Waals surface area contributed by atoms with Gasteiger partial charge in [-0.25, -0.2) is 4.98 Å². The van der Waals surface area contributed by atoms with Gasteiger partial charge in [0.2, 0.25) is 0 Å². The Kier molecular flexibility index (Phi) is 5.26. The minimum absolute atomic E-state index is 0.214. The highest BCUT2D eigenvalue weighted by Crippen LogP contribution is 2.32. The maximum Gasteiger partial charge on any atom is 0.302 e. The number of ether oxygens (including phenoxy) is 2. The number of aromatic nitrogens is 2. The van der Waals surface area contributed by atoms with Crippen molar-refractivity contribution >= 4 is 56.1 Å². The molecule has 5 nitrogen and oxygen atoms in total. The molecule has 0 radical (unpaired) electrons. The molecule has 0 unspecified atom stereocenters. The molecule has 0 saturated heterocycles.